The number of anilines is 1. The van der Waals surface area contributed by atoms with E-state index in [1.165, 1.54) is 5.56 Å². The van der Waals surface area contributed by atoms with E-state index in [0.29, 0.717) is 6.04 Å². The molecule has 104 valence electrons. The maximum atomic E-state index is 4.36. The third kappa shape index (κ3) is 2.96. The van der Waals surface area contributed by atoms with Crippen molar-refractivity contribution in [1.82, 2.24) is 14.9 Å². The van der Waals surface area contributed by atoms with E-state index in [1.807, 2.05) is 18.5 Å². The van der Waals surface area contributed by atoms with Gasteiger partial charge in [-0.05, 0) is 18.6 Å². The third-order valence-electron chi connectivity index (χ3n) is 3.77. The van der Waals surface area contributed by atoms with E-state index < -0.39 is 0 Å². The van der Waals surface area contributed by atoms with Crippen LogP contribution >= 0.6 is 0 Å². The Kier molecular flexibility index (Phi) is 3.92. The highest BCUT2D eigenvalue weighted by Crippen LogP contribution is 2.17. The first-order valence-electron chi connectivity index (χ1n) is 7.13. The lowest BCUT2D eigenvalue weighted by Crippen LogP contribution is -2.52. The predicted octanol–water partition coefficient (Wildman–Crippen LogP) is 2.19. The van der Waals surface area contributed by atoms with Crippen molar-refractivity contribution in [1.29, 1.82) is 0 Å². The average Bonchev–Trinajstić information content (AvgIpc) is 2.49. The minimum Gasteiger partial charge on any atom is -0.336 e. The van der Waals surface area contributed by atoms with Gasteiger partial charge in [-0.3, -0.25) is 4.90 Å². The fourth-order valence-electron chi connectivity index (χ4n) is 2.75. The lowest BCUT2D eigenvalue weighted by molar-refractivity contribution is 0.219. The smallest absolute Gasteiger partial charge is 0.225 e. The molecule has 0 amide bonds. The lowest BCUT2D eigenvalue weighted by Gasteiger charge is -2.39. The Morgan fingerprint density at radius 2 is 1.80 bits per heavy atom. The summed E-state index contributed by atoms with van der Waals surface area (Å²) in [6.07, 6.45) is 3.62. The van der Waals surface area contributed by atoms with Gasteiger partial charge in [0.05, 0.1) is 0 Å². The van der Waals surface area contributed by atoms with Gasteiger partial charge in [-0.2, -0.15) is 0 Å². The van der Waals surface area contributed by atoms with E-state index in [-0.39, 0.29) is 0 Å². The van der Waals surface area contributed by atoms with Gasteiger partial charge in [0.1, 0.15) is 0 Å². The number of aromatic nitrogens is 2. The zero-order chi connectivity index (χ0) is 13.8. The van der Waals surface area contributed by atoms with Gasteiger partial charge in [0.25, 0.3) is 0 Å². The molecule has 0 N–H and O–H groups in total. The molecular formula is C16H20N4. The van der Waals surface area contributed by atoms with Gasteiger partial charge in [-0.1, -0.05) is 30.3 Å². The van der Waals surface area contributed by atoms with Gasteiger partial charge in [-0.15, -0.1) is 0 Å². The highest BCUT2D eigenvalue weighted by atomic mass is 15.3. The second kappa shape index (κ2) is 6.01. The zero-order valence-corrected chi connectivity index (χ0v) is 11.8. The third-order valence-corrected chi connectivity index (χ3v) is 3.77. The molecule has 20 heavy (non-hydrogen) atoms. The molecule has 1 saturated heterocycles. The van der Waals surface area contributed by atoms with Crippen molar-refractivity contribution in [2.45, 2.75) is 19.5 Å². The number of hydrogen-bond acceptors (Lipinski definition) is 4. The van der Waals surface area contributed by atoms with Crippen LogP contribution in [0.25, 0.3) is 0 Å². The van der Waals surface area contributed by atoms with Crippen LogP contribution in [-0.4, -0.2) is 40.5 Å². The molecule has 1 atom stereocenters. The Hall–Kier alpha value is -1.94. The van der Waals surface area contributed by atoms with Crippen LogP contribution in [0.2, 0.25) is 0 Å². The summed E-state index contributed by atoms with van der Waals surface area (Å²) in [6.45, 7) is 6.35. The van der Waals surface area contributed by atoms with E-state index in [1.54, 1.807) is 0 Å². The van der Waals surface area contributed by atoms with Crippen LogP contribution in [0.4, 0.5) is 5.95 Å². The molecule has 4 heteroatoms. The summed E-state index contributed by atoms with van der Waals surface area (Å²) in [5, 5.41) is 0. The fraction of sp³-hybridized carbons (Fsp3) is 0.375. The summed E-state index contributed by atoms with van der Waals surface area (Å²) in [5.74, 6) is 0.847. The maximum Gasteiger partial charge on any atom is 0.225 e. The van der Waals surface area contributed by atoms with Gasteiger partial charge in [0.15, 0.2) is 0 Å². The molecule has 1 aromatic carbocycles. The number of benzene rings is 1. The van der Waals surface area contributed by atoms with Crippen molar-refractivity contribution in [3.63, 3.8) is 0 Å². The maximum absolute atomic E-state index is 4.36. The molecule has 0 bridgehead atoms. The van der Waals surface area contributed by atoms with Crippen LogP contribution in [-0.2, 0) is 6.54 Å². The zero-order valence-electron chi connectivity index (χ0n) is 11.8. The Bertz CT molecular complexity index is 529. The quantitative estimate of drug-likeness (QED) is 0.854. The van der Waals surface area contributed by atoms with Crippen LogP contribution in [0.1, 0.15) is 12.5 Å². The van der Waals surface area contributed by atoms with Crippen LogP contribution in [0.15, 0.2) is 48.8 Å². The molecule has 2 heterocycles. The summed E-state index contributed by atoms with van der Waals surface area (Å²) < 4.78 is 0. The number of nitrogens with zero attached hydrogens (tertiary/aromatic N) is 4. The van der Waals surface area contributed by atoms with Gasteiger partial charge in [0.2, 0.25) is 5.95 Å². The Morgan fingerprint density at radius 1 is 1.05 bits per heavy atom. The molecule has 1 fully saturated rings. The molecule has 0 saturated carbocycles. The predicted molar refractivity (Wildman–Crippen MR) is 80.6 cm³/mol. The largest absolute Gasteiger partial charge is 0.336 e. The Labute approximate surface area is 120 Å². The summed E-state index contributed by atoms with van der Waals surface area (Å²) in [6, 6.07) is 13.0. The monoisotopic (exact) mass is 268 g/mol. The first kappa shape index (κ1) is 13.1. The molecule has 0 spiro atoms. The number of rotatable bonds is 3. The summed E-state index contributed by atoms with van der Waals surface area (Å²) >= 11 is 0. The minimum atomic E-state index is 0.440. The SMILES string of the molecule is CC1CN(Cc2ccccc2)CCN1c1ncccn1. The van der Waals surface area contributed by atoms with Gasteiger partial charge in [0, 0.05) is 44.6 Å². The first-order chi connectivity index (χ1) is 9.83. The molecule has 1 unspecified atom stereocenters. The highest BCUT2D eigenvalue weighted by Gasteiger charge is 2.25. The molecular weight excluding hydrogens is 248 g/mol. The molecule has 0 aliphatic carbocycles. The molecule has 1 aliphatic rings. The van der Waals surface area contributed by atoms with Crippen molar-refractivity contribution in [3.8, 4) is 0 Å². The minimum absolute atomic E-state index is 0.440. The van der Waals surface area contributed by atoms with Crippen molar-refractivity contribution in [2.75, 3.05) is 24.5 Å². The van der Waals surface area contributed by atoms with Crippen molar-refractivity contribution in [2.24, 2.45) is 0 Å². The van der Waals surface area contributed by atoms with Gasteiger partial charge in [-0.25, -0.2) is 9.97 Å². The molecule has 2 aromatic rings. The second-order valence-corrected chi connectivity index (χ2v) is 5.31. The molecule has 1 aromatic heterocycles. The highest BCUT2D eigenvalue weighted by molar-refractivity contribution is 5.31. The standard InChI is InChI=1S/C16H20N4/c1-14-12-19(13-15-6-3-2-4-7-15)10-11-20(14)16-17-8-5-9-18-16/h2-9,14H,10-13H2,1H3. The van der Waals surface area contributed by atoms with E-state index >= 15 is 0 Å². The number of hydrogen-bond donors (Lipinski definition) is 0. The fourth-order valence-corrected chi connectivity index (χ4v) is 2.75. The topological polar surface area (TPSA) is 32.3 Å². The van der Waals surface area contributed by atoms with E-state index in [0.717, 1.165) is 32.1 Å². The lowest BCUT2D eigenvalue weighted by atomic mass is 10.1. The van der Waals surface area contributed by atoms with Crippen molar-refractivity contribution >= 4 is 5.95 Å². The second-order valence-electron chi connectivity index (χ2n) is 5.31. The van der Waals surface area contributed by atoms with Gasteiger partial charge < -0.3 is 4.90 Å². The molecule has 3 rings (SSSR count). The normalized spacial score (nSPS) is 20.1. The van der Waals surface area contributed by atoms with Crippen LogP contribution in [0.3, 0.4) is 0 Å². The van der Waals surface area contributed by atoms with E-state index in [9.17, 15) is 0 Å². The van der Waals surface area contributed by atoms with Gasteiger partial charge >= 0.3 is 0 Å². The van der Waals surface area contributed by atoms with Crippen molar-refractivity contribution in [3.05, 3.63) is 54.4 Å². The summed E-state index contributed by atoms with van der Waals surface area (Å²) in [7, 11) is 0. The van der Waals surface area contributed by atoms with Crippen LogP contribution < -0.4 is 4.90 Å². The van der Waals surface area contributed by atoms with E-state index in [4.69, 9.17) is 0 Å². The summed E-state index contributed by atoms with van der Waals surface area (Å²) in [5.41, 5.74) is 1.38. The van der Waals surface area contributed by atoms with Crippen LogP contribution in [0, 0.1) is 0 Å². The molecule has 1 aliphatic heterocycles. The number of piperazine rings is 1. The first-order valence-corrected chi connectivity index (χ1v) is 7.13. The average molecular weight is 268 g/mol. The Morgan fingerprint density at radius 3 is 2.50 bits per heavy atom. The molecule has 0 radical (unpaired) electrons. The van der Waals surface area contributed by atoms with Crippen LogP contribution in [0.5, 0.6) is 0 Å². The molecule has 4 nitrogen and oxygen atoms in total. The summed E-state index contributed by atoms with van der Waals surface area (Å²) in [4.78, 5) is 13.5. The Balaban J connectivity index is 1.62. The van der Waals surface area contributed by atoms with E-state index in [2.05, 4.69) is 57.0 Å². The van der Waals surface area contributed by atoms with Crippen molar-refractivity contribution < 1.29 is 0 Å².